The van der Waals surface area contributed by atoms with E-state index < -0.39 is 0 Å². The van der Waals surface area contributed by atoms with E-state index in [4.69, 9.17) is 15.7 Å². The fraction of sp³-hybridized carbons (Fsp3) is 0.286. The Labute approximate surface area is 159 Å². The maximum Gasteiger partial charge on any atom is 0.161 e. The van der Waals surface area contributed by atoms with Gasteiger partial charge in [0.1, 0.15) is 5.82 Å². The Morgan fingerprint density at radius 3 is 2.70 bits per heavy atom. The largest absolute Gasteiger partial charge is 0.378 e. The van der Waals surface area contributed by atoms with E-state index in [1.807, 2.05) is 32.3 Å². The van der Waals surface area contributed by atoms with Crippen LogP contribution in [0.5, 0.6) is 0 Å². The molecule has 1 unspecified atom stereocenters. The van der Waals surface area contributed by atoms with Gasteiger partial charge in [-0.15, -0.1) is 0 Å². The lowest BCUT2D eigenvalue weighted by Gasteiger charge is -2.24. The number of rotatable bonds is 4. The van der Waals surface area contributed by atoms with Gasteiger partial charge in [0.05, 0.1) is 0 Å². The lowest BCUT2D eigenvalue weighted by Crippen LogP contribution is -2.29. The van der Waals surface area contributed by atoms with Gasteiger partial charge < -0.3 is 16.0 Å². The molecule has 1 aromatic carbocycles. The van der Waals surface area contributed by atoms with E-state index in [0.717, 1.165) is 59.1 Å². The molecule has 1 atom stereocenters. The number of hydrogen-bond acceptors (Lipinski definition) is 6. The van der Waals surface area contributed by atoms with E-state index in [2.05, 4.69) is 33.4 Å². The molecule has 0 amide bonds. The van der Waals surface area contributed by atoms with Crippen molar-refractivity contribution in [2.24, 2.45) is 5.73 Å². The van der Waals surface area contributed by atoms with Crippen LogP contribution in [0.15, 0.2) is 48.8 Å². The maximum atomic E-state index is 6.23. The number of pyridine rings is 1. The molecule has 3 N–H and O–H groups in total. The Morgan fingerprint density at radius 2 is 1.93 bits per heavy atom. The van der Waals surface area contributed by atoms with Crippen LogP contribution in [0.3, 0.4) is 0 Å². The average molecular weight is 360 g/mol. The summed E-state index contributed by atoms with van der Waals surface area (Å²) in [5.74, 6) is 1.57. The smallest absolute Gasteiger partial charge is 0.161 e. The Bertz CT molecular complexity index is 939. The standard InChI is InChI=1S/C21H24N6/c1-27(2)17-5-3-4-16(13-17)24-21-18-12-15(22)6-7-19(18)25-20(26-21)14-8-10-23-11-9-14/h3-5,8-11,13,15H,6-7,12,22H2,1-2H3,(H,24,25,26). The number of aryl methyl sites for hydroxylation is 1. The Balaban J connectivity index is 1.77. The van der Waals surface area contributed by atoms with Gasteiger partial charge >= 0.3 is 0 Å². The summed E-state index contributed by atoms with van der Waals surface area (Å²) in [5.41, 5.74) is 11.5. The summed E-state index contributed by atoms with van der Waals surface area (Å²) in [5, 5.41) is 3.51. The molecule has 0 aliphatic heterocycles. The second-order valence-electron chi connectivity index (χ2n) is 7.13. The number of aromatic nitrogens is 3. The highest BCUT2D eigenvalue weighted by atomic mass is 15.1. The zero-order valence-corrected chi connectivity index (χ0v) is 15.7. The lowest BCUT2D eigenvalue weighted by atomic mass is 9.92. The molecule has 6 nitrogen and oxygen atoms in total. The molecule has 1 aliphatic rings. The number of fused-ring (bicyclic) bond motifs is 1. The monoisotopic (exact) mass is 360 g/mol. The highest BCUT2D eigenvalue weighted by Crippen LogP contribution is 2.30. The first-order valence-corrected chi connectivity index (χ1v) is 9.20. The molecule has 0 spiro atoms. The summed E-state index contributed by atoms with van der Waals surface area (Å²) in [6.07, 6.45) is 6.16. The first-order chi connectivity index (χ1) is 13.1. The van der Waals surface area contributed by atoms with Gasteiger partial charge in [-0.05, 0) is 49.6 Å². The SMILES string of the molecule is CN(C)c1cccc(Nc2nc(-c3ccncc3)nc3c2CC(N)CC3)c1. The number of anilines is 3. The Morgan fingerprint density at radius 1 is 1.11 bits per heavy atom. The zero-order valence-electron chi connectivity index (χ0n) is 15.7. The topological polar surface area (TPSA) is 80.0 Å². The third kappa shape index (κ3) is 3.75. The molecule has 0 radical (unpaired) electrons. The molecule has 0 saturated carbocycles. The molecule has 2 heterocycles. The summed E-state index contributed by atoms with van der Waals surface area (Å²) < 4.78 is 0. The lowest BCUT2D eigenvalue weighted by molar-refractivity contribution is 0.566. The number of nitrogens with one attached hydrogen (secondary N) is 1. The van der Waals surface area contributed by atoms with E-state index in [1.54, 1.807) is 12.4 Å². The molecule has 3 aromatic rings. The van der Waals surface area contributed by atoms with Gasteiger partial charge in [-0.25, -0.2) is 9.97 Å². The molecule has 4 rings (SSSR count). The van der Waals surface area contributed by atoms with Crippen LogP contribution >= 0.6 is 0 Å². The quantitative estimate of drug-likeness (QED) is 0.744. The van der Waals surface area contributed by atoms with Crippen molar-refractivity contribution in [3.8, 4) is 11.4 Å². The van der Waals surface area contributed by atoms with Gasteiger partial charge in [0, 0.05) is 60.7 Å². The molecule has 27 heavy (non-hydrogen) atoms. The molecule has 0 fully saturated rings. The van der Waals surface area contributed by atoms with Crippen molar-refractivity contribution < 1.29 is 0 Å². The minimum Gasteiger partial charge on any atom is -0.378 e. The van der Waals surface area contributed by atoms with Gasteiger partial charge in [0.25, 0.3) is 0 Å². The molecule has 0 bridgehead atoms. The van der Waals surface area contributed by atoms with Crippen molar-refractivity contribution in [1.29, 1.82) is 0 Å². The van der Waals surface area contributed by atoms with Crippen LogP contribution in [0.1, 0.15) is 17.7 Å². The van der Waals surface area contributed by atoms with Crippen molar-refractivity contribution >= 4 is 17.2 Å². The second-order valence-corrected chi connectivity index (χ2v) is 7.13. The number of nitrogens with two attached hydrogens (primary N) is 1. The van der Waals surface area contributed by atoms with Gasteiger partial charge in [-0.1, -0.05) is 6.07 Å². The minimum atomic E-state index is 0.154. The molecule has 6 heteroatoms. The first kappa shape index (κ1) is 17.4. The average Bonchev–Trinajstić information content (AvgIpc) is 2.69. The fourth-order valence-electron chi connectivity index (χ4n) is 3.37. The highest BCUT2D eigenvalue weighted by Gasteiger charge is 2.22. The highest BCUT2D eigenvalue weighted by molar-refractivity contribution is 5.68. The minimum absolute atomic E-state index is 0.154. The van der Waals surface area contributed by atoms with Crippen molar-refractivity contribution in [2.45, 2.75) is 25.3 Å². The van der Waals surface area contributed by atoms with Crippen LogP contribution < -0.4 is 16.0 Å². The summed E-state index contributed by atoms with van der Waals surface area (Å²) in [6, 6.07) is 12.3. The molecule has 1 aliphatic carbocycles. The van der Waals surface area contributed by atoms with E-state index in [1.165, 1.54) is 0 Å². The Hall–Kier alpha value is -2.99. The van der Waals surface area contributed by atoms with Gasteiger partial charge in [0.15, 0.2) is 5.82 Å². The third-order valence-electron chi connectivity index (χ3n) is 4.87. The maximum absolute atomic E-state index is 6.23. The van der Waals surface area contributed by atoms with E-state index in [9.17, 15) is 0 Å². The zero-order chi connectivity index (χ0) is 18.8. The van der Waals surface area contributed by atoms with E-state index in [-0.39, 0.29) is 6.04 Å². The number of nitrogens with zero attached hydrogens (tertiary/aromatic N) is 4. The van der Waals surface area contributed by atoms with Gasteiger partial charge in [-0.3, -0.25) is 4.98 Å². The van der Waals surface area contributed by atoms with Crippen molar-refractivity contribution in [2.75, 3.05) is 24.3 Å². The Kier molecular flexibility index (Phi) is 4.73. The molecule has 138 valence electrons. The van der Waals surface area contributed by atoms with Crippen molar-refractivity contribution in [1.82, 2.24) is 15.0 Å². The van der Waals surface area contributed by atoms with Crippen LogP contribution in [0.25, 0.3) is 11.4 Å². The molecule has 2 aromatic heterocycles. The summed E-state index contributed by atoms with van der Waals surface area (Å²) in [7, 11) is 4.07. The van der Waals surface area contributed by atoms with Crippen LogP contribution in [0.2, 0.25) is 0 Å². The molecular weight excluding hydrogens is 336 g/mol. The summed E-state index contributed by atoms with van der Waals surface area (Å²) >= 11 is 0. The molecular formula is C21H24N6. The summed E-state index contributed by atoms with van der Waals surface area (Å²) in [4.78, 5) is 15.8. The van der Waals surface area contributed by atoms with Crippen LogP contribution in [-0.4, -0.2) is 35.1 Å². The van der Waals surface area contributed by atoms with Crippen LogP contribution in [0.4, 0.5) is 17.2 Å². The third-order valence-corrected chi connectivity index (χ3v) is 4.87. The predicted octanol–water partition coefficient (Wildman–Crippen LogP) is 3.16. The van der Waals surface area contributed by atoms with E-state index in [0.29, 0.717) is 0 Å². The second kappa shape index (κ2) is 7.32. The first-order valence-electron chi connectivity index (χ1n) is 9.20. The van der Waals surface area contributed by atoms with Crippen LogP contribution in [-0.2, 0) is 12.8 Å². The fourth-order valence-corrected chi connectivity index (χ4v) is 3.37. The number of hydrogen-bond donors (Lipinski definition) is 2. The predicted molar refractivity (Wildman–Crippen MR) is 109 cm³/mol. The molecule has 0 saturated heterocycles. The van der Waals surface area contributed by atoms with E-state index >= 15 is 0 Å². The van der Waals surface area contributed by atoms with Crippen LogP contribution in [0, 0.1) is 0 Å². The number of benzene rings is 1. The normalized spacial score (nSPS) is 15.9. The summed E-state index contributed by atoms with van der Waals surface area (Å²) in [6.45, 7) is 0. The van der Waals surface area contributed by atoms with Crippen molar-refractivity contribution in [3.05, 3.63) is 60.0 Å². The van der Waals surface area contributed by atoms with Gasteiger partial charge in [0.2, 0.25) is 0 Å². The van der Waals surface area contributed by atoms with Crippen molar-refractivity contribution in [3.63, 3.8) is 0 Å². The van der Waals surface area contributed by atoms with Gasteiger partial charge in [-0.2, -0.15) is 0 Å².